The van der Waals surface area contributed by atoms with Crippen molar-refractivity contribution in [3.63, 3.8) is 0 Å². The molecule has 0 atom stereocenters. The van der Waals surface area contributed by atoms with Crippen molar-refractivity contribution in [1.82, 2.24) is 4.72 Å². The van der Waals surface area contributed by atoms with Crippen LogP contribution >= 0.6 is 0 Å². The highest BCUT2D eigenvalue weighted by Crippen LogP contribution is 2.30. The minimum absolute atomic E-state index is 0.165. The first kappa shape index (κ1) is 17.9. The quantitative estimate of drug-likeness (QED) is 0.669. The number of benzene rings is 2. The van der Waals surface area contributed by atoms with E-state index in [1.165, 1.54) is 7.11 Å². The van der Waals surface area contributed by atoms with E-state index >= 15 is 0 Å². The lowest BCUT2D eigenvalue weighted by Gasteiger charge is -2.30. The first-order valence-corrected chi connectivity index (χ1v) is 10.1. The van der Waals surface area contributed by atoms with Gasteiger partial charge in [-0.3, -0.25) is 4.79 Å². The molecule has 0 unspecified atom stereocenters. The van der Waals surface area contributed by atoms with E-state index in [2.05, 4.69) is 4.72 Å². The van der Waals surface area contributed by atoms with Crippen molar-refractivity contribution in [1.29, 1.82) is 0 Å². The van der Waals surface area contributed by atoms with Gasteiger partial charge >= 0.3 is 5.97 Å². The number of esters is 1. The Bertz CT molecular complexity index is 868. The smallest absolute Gasteiger partial charge is 0.327 e. The number of rotatable bonds is 4. The lowest BCUT2D eigenvalue weighted by molar-refractivity contribution is -0.148. The second-order valence-corrected chi connectivity index (χ2v) is 8.28. The predicted octanol–water partition coefficient (Wildman–Crippen LogP) is 3.38. The van der Waals surface area contributed by atoms with Crippen molar-refractivity contribution < 1.29 is 17.9 Å². The number of sulfonamides is 1. The summed E-state index contributed by atoms with van der Waals surface area (Å²) < 4.78 is 33.5. The van der Waals surface area contributed by atoms with Crippen LogP contribution in [0.1, 0.15) is 38.5 Å². The maximum atomic E-state index is 13.0. The Morgan fingerprint density at radius 1 is 1.00 bits per heavy atom. The maximum absolute atomic E-state index is 13.0. The molecule has 2 aromatic rings. The largest absolute Gasteiger partial charge is 0.468 e. The molecule has 2 aromatic carbocycles. The fourth-order valence-corrected chi connectivity index (χ4v) is 4.98. The molecule has 1 aliphatic rings. The van der Waals surface area contributed by atoms with Gasteiger partial charge < -0.3 is 4.74 Å². The van der Waals surface area contributed by atoms with E-state index in [9.17, 15) is 13.2 Å². The molecule has 1 saturated carbocycles. The molecule has 0 aromatic heterocycles. The van der Waals surface area contributed by atoms with Gasteiger partial charge in [-0.25, -0.2) is 8.42 Å². The lowest BCUT2D eigenvalue weighted by atomic mass is 9.92. The number of ether oxygens (including phenoxy) is 1. The standard InChI is InChI=1S/C19H23NO4S/c1-24-18(21)19(12-6-2-3-7-13-19)20-25(22,23)17-11-10-15-8-4-5-9-16(15)14-17/h4-5,8-11,14,20H,2-3,6-7,12-13H2,1H3. The topological polar surface area (TPSA) is 72.5 Å². The van der Waals surface area contributed by atoms with E-state index in [4.69, 9.17) is 4.74 Å². The molecule has 0 radical (unpaired) electrons. The van der Waals surface area contributed by atoms with Crippen molar-refractivity contribution in [2.75, 3.05) is 7.11 Å². The molecule has 0 spiro atoms. The SMILES string of the molecule is COC(=O)C1(NS(=O)(=O)c2ccc3ccccc3c2)CCCCCC1. The summed E-state index contributed by atoms with van der Waals surface area (Å²) in [4.78, 5) is 12.6. The summed E-state index contributed by atoms with van der Waals surface area (Å²) in [5.74, 6) is -0.501. The van der Waals surface area contributed by atoms with Crippen LogP contribution in [-0.2, 0) is 19.6 Å². The van der Waals surface area contributed by atoms with Gasteiger partial charge in [-0.05, 0) is 35.7 Å². The second kappa shape index (κ2) is 7.14. The fraction of sp³-hybridized carbons (Fsp3) is 0.421. The predicted molar refractivity (Wildman–Crippen MR) is 96.7 cm³/mol. The Balaban J connectivity index is 1.97. The number of carbonyl (C=O) groups excluding carboxylic acids is 1. The van der Waals surface area contributed by atoms with Crippen LogP contribution in [0.4, 0.5) is 0 Å². The van der Waals surface area contributed by atoms with E-state index in [1.54, 1.807) is 18.2 Å². The maximum Gasteiger partial charge on any atom is 0.327 e. The van der Waals surface area contributed by atoms with Gasteiger partial charge in [-0.1, -0.05) is 56.0 Å². The van der Waals surface area contributed by atoms with Gasteiger partial charge in [0.05, 0.1) is 12.0 Å². The third kappa shape index (κ3) is 3.70. The average Bonchev–Trinajstić information content (AvgIpc) is 2.86. The Morgan fingerprint density at radius 2 is 1.64 bits per heavy atom. The Labute approximate surface area is 148 Å². The summed E-state index contributed by atoms with van der Waals surface area (Å²) >= 11 is 0. The molecule has 1 N–H and O–H groups in total. The molecule has 5 nitrogen and oxygen atoms in total. The highest BCUT2D eigenvalue weighted by Gasteiger charge is 2.43. The Hall–Kier alpha value is -1.92. The number of hydrogen-bond acceptors (Lipinski definition) is 4. The average molecular weight is 361 g/mol. The molecule has 0 heterocycles. The van der Waals surface area contributed by atoms with E-state index < -0.39 is 21.5 Å². The van der Waals surface area contributed by atoms with Crippen LogP contribution in [0.15, 0.2) is 47.4 Å². The molecule has 1 fully saturated rings. The summed E-state index contributed by atoms with van der Waals surface area (Å²) in [6.07, 6.45) is 4.52. The highest BCUT2D eigenvalue weighted by molar-refractivity contribution is 7.89. The molecule has 3 rings (SSSR count). The summed E-state index contributed by atoms with van der Waals surface area (Å²) in [5, 5.41) is 1.82. The van der Waals surface area contributed by atoms with Gasteiger partial charge in [0.15, 0.2) is 0 Å². The van der Waals surface area contributed by atoms with Gasteiger partial charge in [0.25, 0.3) is 0 Å². The monoisotopic (exact) mass is 361 g/mol. The van der Waals surface area contributed by atoms with Crippen LogP contribution in [0.2, 0.25) is 0 Å². The molecular formula is C19H23NO4S. The molecule has 134 valence electrons. The van der Waals surface area contributed by atoms with Crippen LogP contribution in [0, 0.1) is 0 Å². The fourth-order valence-electron chi connectivity index (χ4n) is 3.53. The number of carbonyl (C=O) groups is 1. The summed E-state index contributed by atoms with van der Waals surface area (Å²) in [7, 11) is -2.53. The molecule has 25 heavy (non-hydrogen) atoms. The molecule has 6 heteroatoms. The molecule has 0 saturated heterocycles. The third-order valence-corrected chi connectivity index (χ3v) is 6.43. The van der Waals surface area contributed by atoms with E-state index in [0.29, 0.717) is 12.8 Å². The van der Waals surface area contributed by atoms with Crippen LogP contribution in [0.3, 0.4) is 0 Å². The van der Waals surface area contributed by atoms with Gasteiger partial charge in [0, 0.05) is 0 Å². The van der Waals surface area contributed by atoms with Crippen molar-refractivity contribution in [2.45, 2.75) is 49.0 Å². The normalized spacial score (nSPS) is 17.8. The van der Waals surface area contributed by atoms with Gasteiger partial charge in [-0.2, -0.15) is 4.72 Å². The van der Waals surface area contributed by atoms with Crippen LogP contribution in [0.5, 0.6) is 0 Å². The molecule has 0 bridgehead atoms. The van der Waals surface area contributed by atoms with Crippen molar-refractivity contribution in [2.24, 2.45) is 0 Å². The zero-order valence-corrected chi connectivity index (χ0v) is 15.1. The van der Waals surface area contributed by atoms with E-state index in [0.717, 1.165) is 36.5 Å². The molecule has 0 amide bonds. The first-order valence-electron chi connectivity index (χ1n) is 8.58. The summed E-state index contributed by atoms with van der Waals surface area (Å²) in [5.41, 5.74) is -1.17. The summed E-state index contributed by atoms with van der Waals surface area (Å²) in [6, 6.07) is 12.6. The van der Waals surface area contributed by atoms with Crippen LogP contribution in [-0.4, -0.2) is 27.0 Å². The van der Waals surface area contributed by atoms with Crippen LogP contribution in [0.25, 0.3) is 10.8 Å². The van der Waals surface area contributed by atoms with Crippen molar-refractivity contribution in [3.05, 3.63) is 42.5 Å². The Morgan fingerprint density at radius 3 is 2.28 bits per heavy atom. The Kier molecular flexibility index (Phi) is 5.11. The van der Waals surface area contributed by atoms with Crippen molar-refractivity contribution in [3.8, 4) is 0 Å². The highest BCUT2D eigenvalue weighted by atomic mass is 32.2. The van der Waals surface area contributed by atoms with E-state index in [-0.39, 0.29) is 4.90 Å². The molecule has 0 aliphatic heterocycles. The van der Waals surface area contributed by atoms with Gasteiger partial charge in [-0.15, -0.1) is 0 Å². The van der Waals surface area contributed by atoms with Gasteiger partial charge in [0.2, 0.25) is 10.0 Å². The zero-order valence-electron chi connectivity index (χ0n) is 14.3. The number of hydrogen-bond donors (Lipinski definition) is 1. The lowest BCUT2D eigenvalue weighted by Crippen LogP contribution is -2.54. The second-order valence-electron chi connectivity index (χ2n) is 6.60. The minimum atomic E-state index is -3.83. The number of fused-ring (bicyclic) bond motifs is 1. The van der Waals surface area contributed by atoms with Crippen molar-refractivity contribution >= 4 is 26.8 Å². The van der Waals surface area contributed by atoms with E-state index in [1.807, 2.05) is 24.3 Å². The number of methoxy groups -OCH3 is 1. The first-order chi connectivity index (χ1) is 12.0. The number of nitrogens with one attached hydrogen (secondary N) is 1. The molecule has 1 aliphatic carbocycles. The minimum Gasteiger partial charge on any atom is -0.468 e. The van der Waals surface area contributed by atoms with Gasteiger partial charge in [0.1, 0.15) is 5.54 Å². The molecular weight excluding hydrogens is 338 g/mol. The third-order valence-electron chi connectivity index (χ3n) is 4.89. The summed E-state index contributed by atoms with van der Waals surface area (Å²) in [6.45, 7) is 0. The van der Waals surface area contributed by atoms with Crippen LogP contribution < -0.4 is 4.72 Å². The zero-order chi connectivity index (χ0) is 17.9.